The topological polar surface area (TPSA) is 75.4 Å². The second-order valence-corrected chi connectivity index (χ2v) is 7.12. The third-order valence-electron chi connectivity index (χ3n) is 3.01. The molecule has 124 valence electrons. The van der Waals surface area contributed by atoms with Gasteiger partial charge < -0.3 is 14.7 Å². The highest BCUT2D eigenvalue weighted by atomic mass is 32.1. The van der Waals surface area contributed by atoms with Gasteiger partial charge in [-0.1, -0.05) is 11.2 Å². The fourth-order valence-corrected chi connectivity index (χ4v) is 2.70. The minimum absolute atomic E-state index is 0.00615. The number of hydrogen-bond acceptors (Lipinski definition) is 5. The standard InChI is InChI=1S/C16H21N3O3S/c1-5-19(10-14(20)17-16(2,3)4)15(21)11-9-12(22-18-11)13-7-6-8-23-13/h6-9H,5,10H2,1-4H3,(H,17,20). The maximum atomic E-state index is 12.5. The van der Waals surface area contributed by atoms with Crippen molar-refractivity contribution >= 4 is 23.2 Å². The van der Waals surface area contributed by atoms with Crippen molar-refractivity contribution < 1.29 is 14.1 Å². The summed E-state index contributed by atoms with van der Waals surface area (Å²) < 4.78 is 5.22. The SMILES string of the molecule is CCN(CC(=O)NC(C)(C)C)C(=O)c1cc(-c2cccs2)on1. The first-order chi connectivity index (χ1) is 10.8. The third-order valence-corrected chi connectivity index (χ3v) is 3.90. The molecule has 0 aliphatic heterocycles. The van der Waals surface area contributed by atoms with Crippen LogP contribution in [-0.2, 0) is 4.79 Å². The Labute approximate surface area is 139 Å². The summed E-state index contributed by atoms with van der Waals surface area (Å²) in [5.41, 5.74) is -0.126. The van der Waals surface area contributed by atoms with Gasteiger partial charge in [-0.25, -0.2) is 0 Å². The summed E-state index contributed by atoms with van der Waals surface area (Å²) in [6.45, 7) is 7.92. The number of rotatable bonds is 5. The number of carbonyl (C=O) groups excluding carboxylic acids is 2. The molecule has 2 rings (SSSR count). The number of nitrogens with one attached hydrogen (secondary N) is 1. The predicted molar refractivity (Wildman–Crippen MR) is 89.3 cm³/mol. The first-order valence-electron chi connectivity index (χ1n) is 7.41. The lowest BCUT2D eigenvalue weighted by Crippen LogP contribution is -2.47. The molecular weight excluding hydrogens is 314 g/mol. The molecule has 2 aromatic heterocycles. The van der Waals surface area contributed by atoms with Crippen LogP contribution in [0.5, 0.6) is 0 Å². The molecule has 1 N–H and O–H groups in total. The van der Waals surface area contributed by atoms with E-state index < -0.39 is 0 Å². The average Bonchev–Trinajstić information content (AvgIpc) is 3.11. The fourth-order valence-electron chi connectivity index (χ4n) is 2.03. The van der Waals surface area contributed by atoms with Crippen molar-refractivity contribution in [3.63, 3.8) is 0 Å². The summed E-state index contributed by atoms with van der Waals surface area (Å²) in [6, 6.07) is 5.41. The molecule has 2 amide bonds. The van der Waals surface area contributed by atoms with E-state index in [2.05, 4.69) is 10.5 Å². The fraction of sp³-hybridized carbons (Fsp3) is 0.438. The van der Waals surface area contributed by atoms with E-state index in [1.165, 1.54) is 16.2 Å². The van der Waals surface area contributed by atoms with Crippen molar-refractivity contribution in [3.8, 4) is 10.6 Å². The van der Waals surface area contributed by atoms with Gasteiger partial charge in [-0.2, -0.15) is 0 Å². The van der Waals surface area contributed by atoms with Crippen molar-refractivity contribution in [2.75, 3.05) is 13.1 Å². The van der Waals surface area contributed by atoms with Gasteiger partial charge in [0.15, 0.2) is 11.5 Å². The van der Waals surface area contributed by atoms with Crippen LogP contribution in [0.2, 0.25) is 0 Å². The Kier molecular flexibility index (Phi) is 5.20. The van der Waals surface area contributed by atoms with Crippen LogP contribution in [0.1, 0.15) is 38.2 Å². The number of thiophene rings is 1. The molecule has 23 heavy (non-hydrogen) atoms. The van der Waals surface area contributed by atoms with Gasteiger partial charge in [0.05, 0.1) is 11.4 Å². The van der Waals surface area contributed by atoms with Crippen molar-refractivity contribution in [2.45, 2.75) is 33.2 Å². The molecule has 0 saturated heterocycles. The van der Waals surface area contributed by atoms with Crippen LogP contribution in [0.25, 0.3) is 10.6 Å². The highest BCUT2D eigenvalue weighted by Crippen LogP contribution is 2.25. The third kappa shape index (κ3) is 4.66. The van der Waals surface area contributed by atoms with Crippen molar-refractivity contribution in [3.05, 3.63) is 29.3 Å². The summed E-state index contributed by atoms with van der Waals surface area (Å²) in [5, 5.41) is 8.60. The normalized spacial score (nSPS) is 11.3. The van der Waals surface area contributed by atoms with Crippen LogP contribution in [-0.4, -0.2) is 40.5 Å². The molecule has 0 aliphatic carbocycles. The lowest BCUT2D eigenvalue weighted by molar-refractivity contribution is -0.123. The van der Waals surface area contributed by atoms with Crippen LogP contribution in [0, 0.1) is 0 Å². The highest BCUT2D eigenvalue weighted by molar-refractivity contribution is 7.13. The first kappa shape index (κ1) is 17.2. The zero-order chi connectivity index (χ0) is 17.0. The summed E-state index contributed by atoms with van der Waals surface area (Å²) in [4.78, 5) is 26.8. The zero-order valence-corrected chi connectivity index (χ0v) is 14.6. The van der Waals surface area contributed by atoms with E-state index in [9.17, 15) is 9.59 Å². The van der Waals surface area contributed by atoms with Crippen LogP contribution >= 0.6 is 11.3 Å². The molecule has 0 spiro atoms. The van der Waals surface area contributed by atoms with Crippen molar-refractivity contribution in [2.24, 2.45) is 0 Å². The Morgan fingerprint density at radius 2 is 2.13 bits per heavy atom. The molecule has 0 fully saturated rings. The van der Waals surface area contributed by atoms with Crippen LogP contribution < -0.4 is 5.32 Å². The number of aromatic nitrogens is 1. The summed E-state index contributed by atoms with van der Waals surface area (Å²) in [5.74, 6) is 0.0383. The number of likely N-dealkylation sites (N-methyl/N-ethyl adjacent to an activating group) is 1. The monoisotopic (exact) mass is 335 g/mol. The number of nitrogens with zero attached hydrogens (tertiary/aromatic N) is 2. The molecule has 6 nitrogen and oxygen atoms in total. The molecule has 0 aliphatic rings. The molecule has 0 aromatic carbocycles. The van der Waals surface area contributed by atoms with Gasteiger partial charge in [-0.15, -0.1) is 11.3 Å². The highest BCUT2D eigenvalue weighted by Gasteiger charge is 2.23. The number of carbonyl (C=O) groups is 2. The van der Waals surface area contributed by atoms with Crippen molar-refractivity contribution in [1.29, 1.82) is 0 Å². The van der Waals surface area contributed by atoms with Crippen LogP contribution in [0.3, 0.4) is 0 Å². The van der Waals surface area contributed by atoms with Gasteiger partial charge in [0.25, 0.3) is 5.91 Å². The van der Waals surface area contributed by atoms with Gasteiger partial charge in [-0.3, -0.25) is 9.59 Å². The Morgan fingerprint density at radius 1 is 1.39 bits per heavy atom. The molecule has 0 bridgehead atoms. The Balaban J connectivity index is 2.06. The molecule has 0 atom stereocenters. The zero-order valence-electron chi connectivity index (χ0n) is 13.8. The summed E-state index contributed by atoms with van der Waals surface area (Å²) in [6.07, 6.45) is 0. The second kappa shape index (κ2) is 6.95. The van der Waals surface area contributed by atoms with E-state index >= 15 is 0 Å². The molecule has 0 radical (unpaired) electrons. The number of hydrogen-bond donors (Lipinski definition) is 1. The number of amides is 2. The maximum absolute atomic E-state index is 12.5. The Morgan fingerprint density at radius 3 is 2.70 bits per heavy atom. The Bertz CT molecular complexity index is 671. The minimum Gasteiger partial charge on any atom is -0.355 e. The lowest BCUT2D eigenvalue weighted by Gasteiger charge is -2.24. The molecular formula is C16H21N3O3S. The van der Waals surface area contributed by atoms with E-state index in [-0.39, 0.29) is 29.6 Å². The smallest absolute Gasteiger partial charge is 0.276 e. The molecule has 7 heteroatoms. The molecule has 2 heterocycles. The second-order valence-electron chi connectivity index (χ2n) is 6.17. The molecule has 2 aromatic rings. The van der Waals surface area contributed by atoms with Gasteiger partial charge in [0.2, 0.25) is 5.91 Å². The summed E-state index contributed by atoms with van der Waals surface area (Å²) >= 11 is 1.51. The minimum atomic E-state index is -0.334. The van der Waals surface area contributed by atoms with E-state index in [0.29, 0.717) is 12.3 Å². The lowest BCUT2D eigenvalue weighted by atomic mass is 10.1. The van der Waals surface area contributed by atoms with Gasteiger partial charge in [0, 0.05) is 18.2 Å². The van der Waals surface area contributed by atoms with E-state index in [4.69, 9.17) is 4.52 Å². The first-order valence-corrected chi connectivity index (χ1v) is 8.29. The van der Waals surface area contributed by atoms with Crippen molar-refractivity contribution in [1.82, 2.24) is 15.4 Å². The van der Waals surface area contributed by atoms with E-state index in [1.807, 2.05) is 45.2 Å². The predicted octanol–water partition coefficient (Wildman–Crippen LogP) is 2.78. The molecule has 0 unspecified atom stereocenters. The Hall–Kier alpha value is -2.15. The van der Waals surface area contributed by atoms with Gasteiger partial charge in [-0.05, 0) is 39.1 Å². The quantitative estimate of drug-likeness (QED) is 0.911. The largest absolute Gasteiger partial charge is 0.355 e. The van der Waals surface area contributed by atoms with Gasteiger partial charge in [0.1, 0.15) is 0 Å². The summed E-state index contributed by atoms with van der Waals surface area (Å²) in [7, 11) is 0. The molecule has 0 saturated carbocycles. The average molecular weight is 335 g/mol. The van der Waals surface area contributed by atoms with Crippen LogP contribution in [0.15, 0.2) is 28.1 Å². The van der Waals surface area contributed by atoms with Gasteiger partial charge >= 0.3 is 0 Å². The van der Waals surface area contributed by atoms with E-state index in [1.54, 1.807) is 6.07 Å². The maximum Gasteiger partial charge on any atom is 0.276 e. The van der Waals surface area contributed by atoms with E-state index in [0.717, 1.165) is 4.88 Å². The van der Waals surface area contributed by atoms with Crippen LogP contribution in [0.4, 0.5) is 0 Å².